The van der Waals surface area contributed by atoms with Crippen molar-refractivity contribution >= 4 is 43.2 Å². The van der Waals surface area contributed by atoms with Crippen LogP contribution < -0.4 is 10.1 Å². The molecule has 0 aliphatic heterocycles. The van der Waals surface area contributed by atoms with E-state index in [2.05, 4.69) is 37.2 Å². The fraction of sp³-hybridized carbons (Fsp3) is 0.143. The first-order valence-electron chi connectivity index (χ1n) is 6.01. The second-order valence-corrected chi connectivity index (χ2v) is 5.95. The van der Waals surface area contributed by atoms with Crippen LogP contribution in [0.15, 0.2) is 45.3 Å². The van der Waals surface area contributed by atoms with Crippen molar-refractivity contribution in [1.29, 1.82) is 0 Å². The Balaban J connectivity index is 2.16. The minimum Gasteiger partial charge on any atom is -0.497 e. The van der Waals surface area contributed by atoms with Crippen LogP contribution in [0.25, 0.3) is 0 Å². The first-order valence-corrected chi connectivity index (χ1v) is 7.60. The number of hydrogen-bond acceptors (Lipinski definition) is 4. The van der Waals surface area contributed by atoms with Gasteiger partial charge < -0.3 is 10.1 Å². The van der Waals surface area contributed by atoms with Crippen LogP contribution >= 0.6 is 31.9 Å². The lowest BCUT2D eigenvalue weighted by Crippen LogP contribution is -2.01. The maximum absolute atomic E-state index is 10.9. The molecule has 2 aromatic rings. The van der Waals surface area contributed by atoms with Gasteiger partial charge in [-0.05, 0) is 55.6 Å². The summed E-state index contributed by atoms with van der Waals surface area (Å²) in [5.74, 6) is 0.738. The predicted octanol–water partition coefficient (Wildman–Crippen LogP) is 4.74. The van der Waals surface area contributed by atoms with E-state index in [0.29, 0.717) is 11.0 Å². The van der Waals surface area contributed by atoms with Gasteiger partial charge in [-0.25, -0.2) is 0 Å². The Hall–Kier alpha value is -1.60. The smallest absolute Gasteiger partial charge is 0.283 e. The van der Waals surface area contributed by atoms with E-state index >= 15 is 0 Å². The summed E-state index contributed by atoms with van der Waals surface area (Å²) >= 11 is 6.62. The minimum absolute atomic E-state index is 0.0546. The molecule has 110 valence electrons. The summed E-state index contributed by atoms with van der Waals surface area (Å²) in [7, 11) is 1.60. The Labute approximate surface area is 138 Å². The molecule has 0 bridgehead atoms. The SMILES string of the molecule is COc1ccc(Br)c(NCc2ccc(Br)c([N+](=O)[O-])c2)c1. The first kappa shape index (κ1) is 15.8. The van der Waals surface area contributed by atoms with Crippen LogP contribution in [-0.4, -0.2) is 12.0 Å². The molecule has 0 radical (unpaired) electrons. The molecule has 0 amide bonds. The van der Waals surface area contributed by atoms with Gasteiger partial charge in [0, 0.05) is 23.2 Å². The van der Waals surface area contributed by atoms with E-state index in [1.54, 1.807) is 19.2 Å². The monoisotopic (exact) mass is 414 g/mol. The normalized spacial score (nSPS) is 10.2. The third kappa shape index (κ3) is 3.95. The zero-order valence-corrected chi connectivity index (χ0v) is 14.3. The Morgan fingerprint density at radius 2 is 1.90 bits per heavy atom. The molecule has 2 rings (SSSR count). The van der Waals surface area contributed by atoms with Crippen molar-refractivity contribution in [1.82, 2.24) is 0 Å². The molecule has 0 heterocycles. The number of benzene rings is 2. The summed E-state index contributed by atoms with van der Waals surface area (Å²) in [6.45, 7) is 0.472. The molecule has 21 heavy (non-hydrogen) atoms. The van der Waals surface area contributed by atoms with Gasteiger partial charge in [-0.15, -0.1) is 0 Å². The number of ether oxygens (including phenoxy) is 1. The quantitative estimate of drug-likeness (QED) is 0.565. The lowest BCUT2D eigenvalue weighted by molar-refractivity contribution is -0.385. The van der Waals surface area contributed by atoms with Crippen molar-refractivity contribution in [2.45, 2.75) is 6.54 Å². The molecule has 0 aliphatic rings. The maximum atomic E-state index is 10.9. The highest BCUT2D eigenvalue weighted by Crippen LogP contribution is 2.29. The number of halogens is 2. The molecule has 5 nitrogen and oxygen atoms in total. The highest BCUT2D eigenvalue weighted by atomic mass is 79.9. The average molecular weight is 416 g/mol. The summed E-state index contributed by atoms with van der Waals surface area (Å²) in [5.41, 5.74) is 1.73. The van der Waals surface area contributed by atoms with Gasteiger partial charge in [0.2, 0.25) is 0 Å². The standard InChI is InChI=1S/C14H12Br2N2O3/c1-21-10-3-5-11(15)13(7-10)17-8-9-2-4-12(16)14(6-9)18(19)20/h2-7,17H,8H2,1H3. The number of methoxy groups -OCH3 is 1. The highest BCUT2D eigenvalue weighted by molar-refractivity contribution is 9.11. The highest BCUT2D eigenvalue weighted by Gasteiger charge is 2.12. The van der Waals surface area contributed by atoms with Crippen molar-refractivity contribution < 1.29 is 9.66 Å². The van der Waals surface area contributed by atoms with Crippen LogP contribution in [0.3, 0.4) is 0 Å². The fourth-order valence-electron chi connectivity index (χ4n) is 1.77. The molecule has 0 saturated heterocycles. The molecule has 0 atom stereocenters. The van der Waals surface area contributed by atoms with Gasteiger partial charge in [0.25, 0.3) is 5.69 Å². The number of nitrogens with one attached hydrogen (secondary N) is 1. The molecule has 0 fully saturated rings. The first-order chi connectivity index (χ1) is 10.0. The van der Waals surface area contributed by atoms with Gasteiger partial charge in [-0.2, -0.15) is 0 Å². The van der Waals surface area contributed by atoms with Crippen LogP contribution in [0.5, 0.6) is 5.75 Å². The minimum atomic E-state index is -0.408. The van der Waals surface area contributed by atoms with Crippen LogP contribution in [0.1, 0.15) is 5.56 Å². The number of rotatable bonds is 5. The molecule has 0 aromatic heterocycles. The molecular formula is C14H12Br2N2O3. The van der Waals surface area contributed by atoms with Gasteiger partial charge in [-0.1, -0.05) is 6.07 Å². The summed E-state index contributed by atoms with van der Waals surface area (Å²) in [4.78, 5) is 10.5. The van der Waals surface area contributed by atoms with Crippen LogP contribution in [0.4, 0.5) is 11.4 Å². The van der Waals surface area contributed by atoms with Crippen LogP contribution in [0, 0.1) is 10.1 Å². The van der Waals surface area contributed by atoms with Gasteiger partial charge in [0.05, 0.1) is 22.2 Å². The Bertz CT molecular complexity index is 677. The van der Waals surface area contributed by atoms with Crippen molar-refractivity contribution in [3.05, 3.63) is 61.0 Å². The largest absolute Gasteiger partial charge is 0.497 e. The maximum Gasteiger partial charge on any atom is 0.283 e. The number of anilines is 1. The van der Waals surface area contributed by atoms with E-state index in [0.717, 1.165) is 21.5 Å². The van der Waals surface area contributed by atoms with Crippen molar-refractivity contribution in [2.75, 3.05) is 12.4 Å². The number of nitro groups is 1. The number of nitro benzene ring substituents is 1. The summed E-state index contributed by atoms with van der Waals surface area (Å²) in [6.07, 6.45) is 0. The van der Waals surface area contributed by atoms with E-state index in [4.69, 9.17) is 4.74 Å². The molecular weight excluding hydrogens is 404 g/mol. The van der Waals surface area contributed by atoms with E-state index in [1.807, 2.05) is 24.3 Å². The topological polar surface area (TPSA) is 64.4 Å². The Kier molecular flexibility index (Phi) is 5.19. The van der Waals surface area contributed by atoms with Gasteiger partial charge in [0.1, 0.15) is 5.75 Å². The van der Waals surface area contributed by atoms with E-state index < -0.39 is 4.92 Å². The molecule has 0 aliphatic carbocycles. The van der Waals surface area contributed by atoms with Crippen LogP contribution in [-0.2, 0) is 6.54 Å². The Morgan fingerprint density at radius 1 is 1.19 bits per heavy atom. The summed E-state index contributed by atoms with van der Waals surface area (Å²) in [5, 5.41) is 14.1. The second kappa shape index (κ2) is 6.91. The second-order valence-electron chi connectivity index (χ2n) is 4.24. The zero-order valence-electron chi connectivity index (χ0n) is 11.1. The van der Waals surface area contributed by atoms with E-state index in [1.165, 1.54) is 0 Å². The van der Waals surface area contributed by atoms with Crippen LogP contribution in [0.2, 0.25) is 0 Å². The number of hydrogen-bond donors (Lipinski definition) is 1. The molecule has 7 heteroatoms. The Morgan fingerprint density at radius 3 is 2.57 bits per heavy atom. The molecule has 0 unspecified atom stereocenters. The lowest BCUT2D eigenvalue weighted by Gasteiger charge is -2.10. The lowest BCUT2D eigenvalue weighted by atomic mass is 10.2. The van der Waals surface area contributed by atoms with Crippen molar-refractivity contribution in [3.63, 3.8) is 0 Å². The molecule has 1 N–H and O–H groups in total. The fourth-order valence-corrected chi connectivity index (χ4v) is 2.55. The van der Waals surface area contributed by atoms with Crippen molar-refractivity contribution in [3.8, 4) is 5.75 Å². The molecule has 0 spiro atoms. The summed E-state index contributed by atoms with van der Waals surface area (Å²) in [6, 6.07) is 10.6. The number of nitrogens with zero attached hydrogens (tertiary/aromatic N) is 1. The van der Waals surface area contributed by atoms with Gasteiger partial charge >= 0.3 is 0 Å². The molecule has 2 aromatic carbocycles. The zero-order chi connectivity index (χ0) is 15.4. The third-order valence-electron chi connectivity index (χ3n) is 2.86. The summed E-state index contributed by atoms with van der Waals surface area (Å²) < 4.78 is 6.54. The molecule has 0 saturated carbocycles. The van der Waals surface area contributed by atoms with E-state index in [-0.39, 0.29) is 5.69 Å². The van der Waals surface area contributed by atoms with Crippen molar-refractivity contribution in [2.24, 2.45) is 0 Å². The average Bonchev–Trinajstić information content (AvgIpc) is 2.47. The van der Waals surface area contributed by atoms with Gasteiger partial charge in [0.15, 0.2) is 0 Å². The van der Waals surface area contributed by atoms with E-state index in [9.17, 15) is 10.1 Å². The third-order valence-corrected chi connectivity index (χ3v) is 4.23. The van der Waals surface area contributed by atoms with Gasteiger partial charge in [-0.3, -0.25) is 10.1 Å². The predicted molar refractivity (Wildman–Crippen MR) is 88.8 cm³/mol.